The summed E-state index contributed by atoms with van der Waals surface area (Å²) in [7, 11) is 0. The van der Waals surface area contributed by atoms with E-state index in [1.165, 1.54) is 12.1 Å². The molecule has 2 unspecified atom stereocenters. The number of aliphatic hydroxyl groups excluding tert-OH is 1. The van der Waals surface area contributed by atoms with Crippen LogP contribution in [0.15, 0.2) is 18.2 Å². The van der Waals surface area contributed by atoms with Gasteiger partial charge in [0, 0.05) is 19.0 Å². The molecule has 0 aliphatic carbocycles. The fourth-order valence-electron chi connectivity index (χ4n) is 2.67. The number of ether oxygens (including phenoxy) is 1. The molecule has 0 bridgehead atoms. The van der Waals surface area contributed by atoms with E-state index in [0.29, 0.717) is 31.5 Å². The van der Waals surface area contributed by atoms with E-state index in [1.807, 2.05) is 20.8 Å². The first kappa shape index (κ1) is 18.0. The largest absolute Gasteiger partial charge is 0.444 e. The first-order chi connectivity index (χ1) is 10.7. The van der Waals surface area contributed by atoms with Crippen molar-refractivity contribution in [1.82, 2.24) is 4.90 Å². The number of likely N-dealkylation sites (tertiary alicyclic amines) is 1. The van der Waals surface area contributed by atoms with Crippen molar-refractivity contribution in [2.45, 2.75) is 45.3 Å². The van der Waals surface area contributed by atoms with Gasteiger partial charge in [0.2, 0.25) is 0 Å². The van der Waals surface area contributed by atoms with Crippen molar-refractivity contribution in [1.29, 1.82) is 0 Å². The second kappa shape index (κ2) is 7.05. The van der Waals surface area contributed by atoms with E-state index in [2.05, 4.69) is 0 Å². The van der Waals surface area contributed by atoms with E-state index in [4.69, 9.17) is 16.3 Å². The van der Waals surface area contributed by atoms with Crippen molar-refractivity contribution >= 4 is 17.7 Å². The smallest absolute Gasteiger partial charge is 0.410 e. The molecule has 128 valence electrons. The first-order valence-electron chi connectivity index (χ1n) is 7.75. The minimum Gasteiger partial charge on any atom is -0.444 e. The number of carbonyl (C=O) groups excluding carboxylic acids is 1. The van der Waals surface area contributed by atoms with Gasteiger partial charge in [-0.15, -0.1) is 0 Å². The molecule has 1 aromatic rings. The number of hydrogen-bond donors (Lipinski definition) is 1. The van der Waals surface area contributed by atoms with Crippen LogP contribution in [0, 0.1) is 11.7 Å². The van der Waals surface area contributed by atoms with Crippen LogP contribution < -0.4 is 0 Å². The zero-order valence-corrected chi connectivity index (χ0v) is 14.4. The van der Waals surface area contributed by atoms with Crippen LogP contribution in [0.25, 0.3) is 0 Å². The summed E-state index contributed by atoms with van der Waals surface area (Å²) >= 11 is 5.66. The summed E-state index contributed by atoms with van der Waals surface area (Å²) in [6.07, 6.45) is 0.0463. The minimum atomic E-state index is -0.636. The van der Waals surface area contributed by atoms with Gasteiger partial charge in [0.1, 0.15) is 11.4 Å². The fourth-order valence-corrected chi connectivity index (χ4v) is 2.79. The number of aliphatic hydroxyl groups is 1. The molecule has 1 N–H and O–H groups in total. The van der Waals surface area contributed by atoms with Crippen molar-refractivity contribution in [3.63, 3.8) is 0 Å². The maximum absolute atomic E-state index is 13.4. The molecule has 1 amide bonds. The molecule has 1 saturated heterocycles. The minimum absolute atomic E-state index is 0.0405. The molecule has 6 heteroatoms. The van der Waals surface area contributed by atoms with Gasteiger partial charge >= 0.3 is 6.09 Å². The summed E-state index contributed by atoms with van der Waals surface area (Å²) in [5.41, 5.74) is 0.157. The van der Waals surface area contributed by atoms with Crippen LogP contribution in [0.3, 0.4) is 0 Å². The second-order valence-electron chi connectivity index (χ2n) is 7.00. The topological polar surface area (TPSA) is 49.8 Å². The van der Waals surface area contributed by atoms with Crippen LogP contribution in [0.4, 0.5) is 9.18 Å². The van der Waals surface area contributed by atoms with Crippen molar-refractivity contribution in [3.8, 4) is 0 Å². The van der Waals surface area contributed by atoms with E-state index < -0.39 is 17.5 Å². The van der Waals surface area contributed by atoms with Crippen LogP contribution in [-0.2, 0) is 11.2 Å². The molecule has 2 atom stereocenters. The fraction of sp³-hybridized carbons (Fsp3) is 0.588. The highest BCUT2D eigenvalue weighted by molar-refractivity contribution is 6.30. The van der Waals surface area contributed by atoms with Crippen molar-refractivity contribution < 1.29 is 19.0 Å². The Morgan fingerprint density at radius 2 is 2.22 bits per heavy atom. The SMILES string of the molecule is CC(C)(C)OC(=O)N1CCC(C(O)Cc2ccc(Cl)c(F)c2)C1. The summed E-state index contributed by atoms with van der Waals surface area (Å²) in [4.78, 5) is 13.6. The first-order valence-corrected chi connectivity index (χ1v) is 8.13. The summed E-state index contributed by atoms with van der Waals surface area (Å²) < 4.78 is 18.8. The number of benzene rings is 1. The third-order valence-electron chi connectivity index (χ3n) is 3.85. The second-order valence-corrected chi connectivity index (χ2v) is 7.40. The maximum Gasteiger partial charge on any atom is 0.410 e. The summed E-state index contributed by atoms with van der Waals surface area (Å²) in [5, 5.41) is 10.4. The van der Waals surface area contributed by atoms with Gasteiger partial charge in [0.15, 0.2) is 0 Å². The molecule has 4 nitrogen and oxygen atoms in total. The molecule has 2 rings (SSSR count). The van der Waals surface area contributed by atoms with Crippen molar-refractivity contribution in [2.24, 2.45) is 5.92 Å². The number of halogens is 2. The Morgan fingerprint density at radius 3 is 2.83 bits per heavy atom. The maximum atomic E-state index is 13.4. The lowest BCUT2D eigenvalue weighted by Gasteiger charge is -2.25. The van der Waals surface area contributed by atoms with E-state index in [0.717, 1.165) is 0 Å². The van der Waals surface area contributed by atoms with Crippen LogP contribution in [0.5, 0.6) is 0 Å². The molecule has 0 spiro atoms. The van der Waals surface area contributed by atoms with Crippen LogP contribution in [-0.4, -0.2) is 40.9 Å². The quantitative estimate of drug-likeness (QED) is 0.911. The van der Waals surface area contributed by atoms with Gasteiger partial charge < -0.3 is 14.7 Å². The monoisotopic (exact) mass is 343 g/mol. The van der Waals surface area contributed by atoms with E-state index in [9.17, 15) is 14.3 Å². The van der Waals surface area contributed by atoms with E-state index in [-0.39, 0.29) is 17.0 Å². The molecule has 1 heterocycles. The van der Waals surface area contributed by atoms with Gasteiger partial charge in [-0.3, -0.25) is 0 Å². The Morgan fingerprint density at radius 1 is 1.52 bits per heavy atom. The zero-order chi connectivity index (χ0) is 17.2. The highest BCUT2D eigenvalue weighted by atomic mass is 35.5. The number of rotatable bonds is 3. The number of nitrogens with zero attached hydrogens (tertiary/aromatic N) is 1. The third kappa shape index (κ3) is 5.08. The van der Waals surface area contributed by atoms with E-state index >= 15 is 0 Å². The van der Waals surface area contributed by atoms with Crippen molar-refractivity contribution in [3.05, 3.63) is 34.6 Å². The summed E-state index contributed by atoms with van der Waals surface area (Å²) in [6, 6.07) is 4.53. The predicted octanol–water partition coefficient (Wildman–Crippen LogP) is 3.64. The lowest BCUT2D eigenvalue weighted by Crippen LogP contribution is -2.36. The van der Waals surface area contributed by atoms with Gasteiger partial charge in [-0.1, -0.05) is 17.7 Å². The third-order valence-corrected chi connectivity index (χ3v) is 4.16. The summed E-state index contributed by atoms with van der Waals surface area (Å²) in [6.45, 7) is 6.48. The Kier molecular flexibility index (Phi) is 5.53. The number of amides is 1. The Bertz CT molecular complexity index is 573. The normalized spacial score (nSPS) is 19.7. The number of hydrogen-bond acceptors (Lipinski definition) is 3. The van der Waals surface area contributed by atoms with Gasteiger partial charge in [0.25, 0.3) is 0 Å². The van der Waals surface area contributed by atoms with Crippen molar-refractivity contribution in [2.75, 3.05) is 13.1 Å². The molecule has 23 heavy (non-hydrogen) atoms. The lowest BCUT2D eigenvalue weighted by molar-refractivity contribution is 0.0269. The Balaban J connectivity index is 1.90. The number of carbonyl (C=O) groups is 1. The van der Waals surface area contributed by atoms with Gasteiger partial charge in [-0.05, 0) is 51.3 Å². The molecule has 1 fully saturated rings. The average Bonchev–Trinajstić information content (AvgIpc) is 2.91. The standard InChI is InChI=1S/C17H23ClFNO3/c1-17(2,3)23-16(22)20-7-6-12(10-20)15(21)9-11-4-5-13(18)14(19)8-11/h4-5,8,12,15,21H,6-7,9-10H2,1-3H3. The van der Waals surface area contributed by atoms with Gasteiger partial charge in [-0.25, -0.2) is 9.18 Å². The average molecular weight is 344 g/mol. The van der Waals surface area contributed by atoms with Gasteiger partial charge in [0.05, 0.1) is 11.1 Å². The molecule has 0 aromatic heterocycles. The Hall–Kier alpha value is -1.33. The lowest BCUT2D eigenvalue weighted by atomic mass is 9.95. The van der Waals surface area contributed by atoms with Crippen LogP contribution >= 0.6 is 11.6 Å². The highest BCUT2D eigenvalue weighted by Gasteiger charge is 2.33. The molecule has 1 aliphatic heterocycles. The van der Waals surface area contributed by atoms with Crippen LogP contribution in [0.1, 0.15) is 32.8 Å². The molecular formula is C17H23ClFNO3. The summed E-state index contributed by atoms with van der Waals surface area (Å²) in [5.74, 6) is -0.528. The molecule has 0 radical (unpaired) electrons. The van der Waals surface area contributed by atoms with Gasteiger partial charge in [-0.2, -0.15) is 0 Å². The highest BCUT2D eigenvalue weighted by Crippen LogP contribution is 2.25. The zero-order valence-electron chi connectivity index (χ0n) is 13.7. The van der Waals surface area contributed by atoms with E-state index in [1.54, 1.807) is 11.0 Å². The Labute approximate surface area is 141 Å². The molecule has 1 aliphatic rings. The predicted molar refractivity (Wildman–Crippen MR) is 87.0 cm³/mol. The molecule has 0 saturated carbocycles. The van der Waals surface area contributed by atoms with Crippen LogP contribution in [0.2, 0.25) is 5.02 Å². The molecular weight excluding hydrogens is 321 g/mol. The molecule has 1 aromatic carbocycles.